The summed E-state index contributed by atoms with van der Waals surface area (Å²) in [7, 11) is 0. The number of aliphatic hydroxyl groups is 3. The Kier molecular flexibility index (Phi) is 13.4. The molecule has 8 aromatic heterocycles. The smallest absolute Gasteiger partial charge is 0.323 e. The van der Waals surface area contributed by atoms with Gasteiger partial charge in [-0.2, -0.15) is 4.98 Å². The van der Waals surface area contributed by atoms with E-state index in [9.17, 15) is 15.0 Å². The Bertz CT molecular complexity index is 4010. The van der Waals surface area contributed by atoms with E-state index in [2.05, 4.69) is 35.2 Å². The number of rotatable bonds is 10. The molecule has 0 aliphatic rings. The van der Waals surface area contributed by atoms with Gasteiger partial charge in [-0.1, -0.05) is 71.0 Å². The molecule has 0 aliphatic heterocycles. The van der Waals surface area contributed by atoms with Crippen molar-refractivity contribution in [3.63, 3.8) is 0 Å². The molecule has 17 nitrogen and oxygen atoms in total. The third kappa shape index (κ3) is 9.09. The van der Waals surface area contributed by atoms with E-state index in [0.29, 0.717) is 85.8 Å². The Balaban J connectivity index is 0.000000163. The quantitative estimate of drug-likeness (QED) is 0.0746. The summed E-state index contributed by atoms with van der Waals surface area (Å²) in [6, 6.07) is 41.7. The van der Waals surface area contributed by atoms with E-state index in [1.165, 1.54) is 0 Å². The second kappa shape index (κ2) is 20.4. The number of aromatic amines is 3. The topological polar surface area (TPSA) is 251 Å². The lowest BCUT2D eigenvalue weighted by Gasteiger charge is -2.29. The number of aromatic nitrogens is 10. The molecule has 6 N–H and O–H groups in total. The zero-order valence-corrected chi connectivity index (χ0v) is 41.9. The Morgan fingerprint density at radius 3 is 1.55 bits per heavy atom. The van der Waals surface area contributed by atoms with Crippen molar-refractivity contribution < 1.29 is 29.1 Å². The van der Waals surface area contributed by atoms with Gasteiger partial charge in [0.05, 0.1) is 73.9 Å². The number of aliphatic hydroxyl groups excluding tert-OH is 1. The van der Waals surface area contributed by atoms with Crippen LogP contribution in [-0.4, -0.2) is 78.7 Å². The first kappa shape index (κ1) is 49.4. The number of imidazole rings is 2. The number of benzene rings is 4. The summed E-state index contributed by atoms with van der Waals surface area (Å²) in [5, 5.41) is 43.0. The minimum Gasteiger partial charge on any atom is -0.465 e. The Morgan fingerprint density at radius 1 is 0.560 bits per heavy atom. The number of nitrogens with zero attached hydrogens (tertiary/aromatic N) is 7. The fourth-order valence-electron chi connectivity index (χ4n) is 9.59. The van der Waals surface area contributed by atoms with Crippen LogP contribution in [-0.2, 0) is 11.2 Å². The van der Waals surface area contributed by atoms with E-state index in [-0.39, 0.29) is 12.3 Å². The molecule has 2 atom stereocenters. The monoisotopic (exact) mass is 1000 g/mol. The van der Waals surface area contributed by atoms with E-state index in [1.807, 2.05) is 144 Å². The summed E-state index contributed by atoms with van der Waals surface area (Å²) < 4.78 is 16.5. The standard InChI is InChI=1S/C29H25N5O3.C27H21N5O3.C2H6O/c1-4-36-28-32-23-16-20(26-17(2)34-37-18(26)3)15-21(27(23)33-28)29(35,24-11-7-8-14-30-24)25-13-12-19-9-5-6-10-22(19)31-25;1-15-24(16(2)35-32-15)18-13-19(25-21(14-18)30-26(33)31-25)27(34,22-9-5-6-12-28-22)23-11-10-17-7-3-4-8-20(17)29-23;1-2-3/h5-16,35H,4H2,1-3H3,(H,32,33);3-14,34H,1-2H3,(H2,30,31,33);3H,2H2,1H3. The SMILES string of the molecule is CCO.CCOc1nc2c(C(O)(c3ccccn3)c3ccc4ccccc4n3)cc(-c3c(C)noc3C)cc2[nH]1.Cc1noc(C)c1-c1cc(C(O)(c2ccccn2)c2ccc3ccccc3n2)c2[nH]c(=O)[nH]c2c1. The van der Waals surface area contributed by atoms with Gasteiger partial charge in [-0.05, 0) is 125 Å². The summed E-state index contributed by atoms with van der Waals surface area (Å²) >= 11 is 0. The van der Waals surface area contributed by atoms with Crippen molar-refractivity contribution in [1.82, 2.24) is 50.2 Å². The largest absolute Gasteiger partial charge is 0.465 e. The van der Waals surface area contributed by atoms with E-state index in [4.69, 9.17) is 33.8 Å². The van der Waals surface area contributed by atoms with Crippen LogP contribution in [0.1, 0.15) is 70.7 Å². The van der Waals surface area contributed by atoms with Crippen molar-refractivity contribution in [2.75, 3.05) is 13.2 Å². The first-order chi connectivity index (χ1) is 36.3. The molecule has 0 spiro atoms. The van der Waals surface area contributed by atoms with Crippen molar-refractivity contribution in [1.29, 1.82) is 0 Å². The van der Waals surface area contributed by atoms with Crippen molar-refractivity contribution in [3.8, 4) is 28.3 Å². The maximum Gasteiger partial charge on any atom is 0.323 e. The minimum atomic E-state index is -1.77. The molecule has 75 heavy (non-hydrogen) atoms. The Labute approximate surface area is 429 Å². The highest BCUT2D eigenvalue weighted by Gasteiger charge is 2.41. The van der Waals surface area contributed by atoms with Gasteiger partial charge in [0.2, 0.25) is 0 Å². The number of H-pyrrole nitrogens is 3. The highest BCUT2D eigenvalue weighted by Crippen LogP contribution is 2.44. The normalized spacial score (nSPS) is 13.0. The number of hydrogen-bond acceptors (Lipinski definition) is 14. The van der Waals surface area contributed by atoms with Gasteiger partial charge in [-0.25, -0.2) is 14.8 Å². The third-order valence-corrected chi connectivity index (χ3v) is 12.9. The second-order valence-electron chi connectivity index (χ2n) is 17.8. The number of ether oxygens (including phenoxy) is 1. The maximum absolute atomic E-state index is 12.7. The zero-order chi connectivity index (χ0) is 52.4. The summed E-state index contributed by atoms with van der Waals surface area (Å²) in [5.74, 6) is 1.31. The van der Waals surface area contributed by atoms with Crippen LogP contribution in [0.2, 0.25) is 0 Å². The highest BCUT2D eigenvalue weighted by molar-refractivity contribution is 5.90. The van der Waals surface area contributed by atoms with Gasteiger partial charge >= 0.3 is 5.69 Å². The van der Waals surface area contributed by atoms with E-state index in [1.54, 1.807) is 43.6 Å². The number of fused-ring (bicyclic) bond motifs is 4. The van der Waals surface area contributed by atoms with Crippen LogP contribution in [0.25, 0.3) is 66.1 Å². The third-order valence-electron chi connectivity index (χ3n) is 12.9. The molecule has 0 fully saturated rings. The number of nitrogens with one attached hydrogen (secondary N) is 3. The summed E-state index contributed by atoms with van der Waals surface area (Å²) in [6.45, 7) is 11.7. The lowest BCUT2D eigenvalue weighted by atomic mass is 9.83. The molecule has 0 radical (unpaired) electrons. The fourth-order valence-corrected chi connectivity index (χ4v) is 9.59. The summed E-state index contributed by atoms with van der Waals surface area (Å²) in [5.41, 5.74) is 7.12. The van der Waals surface area contributed by atoms with Gasteiger partial charge in [0.25, 0.3) is 6.01 Å². The Morgan fingerprint density at radius 2 is 1.05 bits per heavy atom. The summed E-state index contributed by atoms with van der Waals surface area (Å²) in [6.07, 6.45) is 3.28. The average Bonchev–Trinajstić information content (AvgIpc) is 4.21. The molecule has 0 amide bonds. The van der Waals surface area contributed by atoms with E-state index < -0.39 is 11.2 Å². The molecule has 0 saturated heterocycles. The molecule has 0 saturated carbocycles. The zero-order valence-electron chi connectivity index (χ0n) is 41.9. The van der Waals surface area contributed by atoms with Crippen LogP contribution < -0.4 is 10.4 Å². The van der Waals surface area contributed by atoms with E-state index >= 15 is 0 Å². The van der Waals surface area contributed by atoms with Crippen molar-refractivity contribution >= 4 is 43.9 Å². The maximum atomic E-state index is 12.7. The van der Waals surface area contributed by atoms with Crippen LogP contribution in [0.4, 0.5) is 0 Å². The van der Waals surface area contributed by atoms with Gasteiger partial charge in [0, 0.05) is 52.0 Å². The van der Waals surface area contributed by atoms with Crippen molar-refractivity contribution in [2.45, 2.75) is 52.7 Å². The summed E-state index contributed by atoms with van der Waals surface area (Å²) in [4.78, 5) is 44.8. The van der Waals surface area contributed by atoms with E-state index in [0.717, 1.165) is 49.8 Å². The number of hydrogen-bond donors (Lipinski definition) is 6. The molecule has 376 valence electrons. The van der Waals surface area contributed by atoms with Crippen molar-refractivity contribution in [2.24, 2.45) is 0 Å². The molecule has 8 heterocycles. The highest BCUT2D eigenvalue weighted by atomic mass is 16.5. The molecule has 17 heteroatoms. The number of para-hydroxylation sites is 2. The molecular formula is C58H52N10O7. The van der Waals surface area contributed by atoms with Crippen molar-refractivity contribution in [3.05, 3.63) is 213 Å². The van der Waals surface area contributed by atoms with Gasteiger partial charge in [-0.3, -0.25) is 9.97 Å². The first-order valence-corrected chi connectivity index (χ1v) is 24.3. The van der Waals surface area contributed by atoms with Gasteiger partial charge in [0.1, 0.15) is 11.5 Å². The molecule has 0 aliphatic carbocycles. The lowest BCUT2D eigenvalue weighted by molar-refractivity contribution is 0.117. The molecule has 2 unspecified atom stereocenters. The molecule has 12 rings (SSSR count). The number of pyridine rings is 4. The van der Waals surface area contributed by atoms with Crippen LogP contribution in [0, 0.1) is 27.7 Å². The van der Waals surface area contributed by atoms with Gasteiger partial charge in [0.15, 0.2) is 11.2 Å². The Hall–Kier alpha value is -9.16. The first-order valence-electron chi connectivity index (χ1n) is 24.3. The molecule has 12 aromatic rings. The lowest BCUT2D eigenvalue weighted by Crippen LogP contribution is -2.31. The molecule has 4 aromatic carbocycles. The minimum absolute atomic E-state index is 0.250. The molecular weight excluding hydrogens is 949 g/mol. The van der Waals surface area contributed by atoms with Crippen LogP contribution in [0.3, 0.4) is 0 Å². The van der Waals surface area contributed by atoms with Crippen LogP contribution in [0.15, 0.2) is 160 Å². The van der Waals surface area contributed by atoms with Gasteiger partial charge < -0.3 is 44.1 Å². The van der Waals surface area contributed by atoms with Crippen LogP contribution >= 0.6 is 0 Å². The van der Waals surface area contributed by atoms with Gasteiger partial charge in [-0.15, -0.1) is 0 Å². The van der Waals surface area contributed by atoms with Crippen LogP contribution in [0.5, 0.6) is 6.01 Å². The predicted octanol–water partition coefficient (Wildman–Crippen LogP) is 9.81. The average molecular weight is 1000 g/mol. The fraction of sp³-hybridized carbons (Fsp3) is 0.172. The second-order valence-corrected chi connectivity index (χ2v) is 17.8. The predicted molar refractivity (Wildman–Crippen MR) is 285 cm³/mol. The number of aryl methyl sites for hydroxylation is 4. The molecule has 0 bridgehead atoms.